The summed E-state index contributed by atoms with van der Waals surface area (Å²) < 4.78 is 0. The first-order valence-electron chi connectivity index (χ1n) is 9.62. The van der Waals surface area contributed by atoms with Crippen LogP contribution in [0.5, 0.6) is 0 Å². The first-order valence-corrected chi connectivity index (χ1v) is 9.62. The average molecular weight is 300 g/mol. The van der Waals surface area contributed by atoms with Gasteiger partial charge in [-0.25, -0.2) is 0 Å². The van der Waals surface area contributed by atoms with Crippen molar-refractivity contribution in [2.24, 2.45) is 5.73 Å². The number of hydrogen-bond acceptors (Lipinski definition) is 2. The molecule has 0 aliphatic heterocycles. The third kappa shape index (κ3) is 16.1. The van der Waals surface area contributed by atoms with E-state index >= 15 is 0 Å². The average Bonchev–Trinajstić information content (AvgIpc) is 2.47. The minimum atomic E-state index is -0.303. The van der Waals surface area contributed by atoms with Gasteiger partial charge in [-0.15, -0.1) is 0 Å². The van der Waals surface area contributed by atoms with Crippen molar-refractivity contribution in [1.82, 2.24) is 0 Å². The second kappa shape index (κ2) is 16.3. The number of rotatable bonds is 16. The largest absolute Gasteiger partial charge is 0.392 e. The van der Waals surface area contributed by atoms with Crippen LogP contribution < -0.4 is 5.73 Å². The van der Waals surface area contributed by atoms with Crippen molar-refractivity contribution in [1.29, 1.82) is 0 Å². The molecule has 0 amide bonds. The number of hydrogen-bond donors (Lipinski definition) is 2. The molecule has 0 aromatic carbocycles. The molecule has 0 saturated carbocycles. The molecule has 0 saturated heterocycles. The first-order chi connectivity index (χ1) is 10.2. The van der Waals surface area contributed by atoms with E-state index in [4.69, 9.17) is 5.73 Å². The number of aliphatic hydroxyl groups excluding tert-OH is 1. The second-order valence-corrected chi connectivity index (χ2v) is 6.81. The van der Waals surface area contributed by atoms with Crippen molar-refractivity contribution < 1.29 is 5.11 Å². The van der Waals surface area contributed by atoms with Crippen LogP contribution in [-0.4, -0.2) is 17.3 Å². The number of nitrogens with two attached hydrogens (primary N) is 1. The summed E-state index contributed by atoms with van der Waals surface area (Å²) in [4.78, 5) is 0. The van der Waals surface area contributed by atoms with Crippen LogP contribution in [0, 0.1) is 0 Å². The highest BCUT2D eigenvalue weighted by Gasteiger charge is 2.07. The van der Waals surface area contributed by atoms with E-state index in [0.717, 1.165) is 12.8 Å². The van der Waals surface area contributed by atoms with Gasteiger partial charge in [0.05, 0.1) is 6.10 Å². The Morgan fingerprint density at radius 1 is 0.667 bits per heavy atom. The topological polar surface area (TPSA) is 46.2 Å². The molecule has 0 rings (SSSR count). The van der Waals surface area contributed by atoms with E-state index in [-0.39, 0.29) is 12.1 Å². The summed E-state index contributed by atoms with van der Waals surface area (Å²) >= 11 is 0. The molecule has 3 N–H and O–H groups in total. The Bertz CT molecular complexity index is 194. The van der Waals surface area contributed by atoms with Gasteiger partial charge in [0.25, 0.3) is 0 Å². The molecule has 0 aromatic rings. The molecule has 2 nitrogen and oxygen atoms in total. The lowest BCUT2D eigenvalue weighted by atomic mass is 10.0. The molecule has 0 bridgehead atoms. The molecular formula is C19H41NO. The van der Waals surface area contributed by atoms with Crippen LogP contribution in [0.4, 0.5) is 0 Å². The molecule has 0 aromatic heterocycles. The maximum Gasteiger partial charge on any atom is 0.0688 e. The summed E-state index contributed by atoms with van der Waals surface area (Å²) in [5, 5.41) is 9.59. The van der Waals surface area contributed by atoms with Gasteiger partial charge in [0, 0.05) is 6.04 Å². The molecule has 0 unspecified atom stereocenters. The molecule has 0 aliphatic carbocycles. The van der Waals surface area contributed by atoms with E-state index in [1.54, 1.807) is 0 Å². The molecule has 0 heterocycles. The van der Waals surface area contributed by atoms with E-state index < -0.39 is 0 Å². The molecule has 128 valence electrons. The molecule has 0 fully saturated rings. The Morgan fingerprint density at radius 3 is 1.33 bits per heavy atom. The van der Waals surface area contributed by atoms with Gasteiger partial charge in [-0.3, -0.25) is 0 Å². The van der Waals surface area contributed by atoms with Gasteiger partial charge in [-0.05, 0) is 13.3 Å². The minimum Gasteiger partial charge on any atom is -0.392 e. The molecule has 2 atom stereocenters. The Labute approximate surface area is 133 Å². The van der Waals surface area contributed by atoms with Crippen molar-refractivity contribution >= 4 is 0 Å². The minimum absolute atomic E-state index is 0.0769. The fraction of sp³-hybridized carbons (Fsp3) is 1.00. The Balaban J connectivity index is 3.03. The van der Waals surface area contributed by atoms with Crippen molar-refractivity contribution in [2.45, 2.75) is 122 Å². The highest BCUT2D eigenvalue weighted by atomic mass is 16.3. The fourth-order valence-electron chi connectivity index (χ4n) is 2.81. The molecule has 0 radical (unpaired) electrons. The van der Waals surface area contributed by atoms with E-state index in [1.807, 2.05) is 6.92 Å². The van der Waals surface area contributed by atoms with Gasteiger partial charge >= 0.3 is 0 Å². The summed E-state index contributed by atoms with van der Waals surface area (Å²) in [5.41, 5.74) is 5.64. The van der Waals surface area contributed by atoms with E-state index in [1.165, 1.54) is 83.5 Å². The summed E-state index contributed by atoms with van der Waals surface area (Å²) in [6.45, 7) is 4.16. The lowest BCUT2D eigenvalue weighted by Crippen LogP contribution is -2.31. The van der Waals surface area contributed by atoms with Gasteiger partial charge in [0.15, 0.2) is 0 Å². The summed E-state index contributed by atoms with van der Waals surface area (Å²) in [5.74, 6) is 0. The Morgan fingerprint density at radius 2 is 1.00 bits per heavy atom. The summed E-state index contributed by atoms with van der Waals surface area (Å²) in [6, 6.07) is -0.0769. The lowest BCUT2D eigenvalue weighted by Gasteiger charge is -2.13. The first kappa shape index (κ1) is 20.9. The van der Waals surface area contributed by atoms with Crippen molar-refractivity contribution in [2.75, 3.05) is 0 Å². The summed E-state index contributed by atoms with van der Waals surface area (Å²) in [6.07, 6.45) is 19.8. The number of aliphatic hydroxyl groups is 1. The standard InChI is InChI=1S/C19H41NO/c1-3-4-5-6-7-8-9-10-11-12-13-14-15-16-17-19(21)18(2)20/h18-19,21H,3-17,20H2,1-2H3/t18-,19+/m1/s1. The zero-order valence-corrected chi connectivity index (χ0v) is 14.8. The lowest BCUT2D eigenvalue weighted by molar-refractivity contribution is 0.138. The Hall–Kier alpha value is -0.0800. The predicted molar refractivity (Wildman–Crippen MR) is 94.6 cm³/mol. The number of unbranched alkanes of at least 4 members (excludes halogenated alkanes) is 13. The van der Waals surface area contributed by atoms with Crippen molar-refractivity contribution in [3.8, 4) is 0 Å². The zero-order chi connectivity index (χ0) is 15.8. The van der Waals surface area contributed by atoms with Gasteiger partial charge in [-0.1, -0.05) is 96.8 Å². The van der Waals surface area contributed by atoms with E-state index in [2.05, 4.69) is 6.92 Å². The van der Waals surface area contributed by atoms with Gasteiger partial charge < -0.3 is 10.8 Å². The van der Waals surface area contributed by atoms with E-state index in [9.17, 15) is 5.11 Å². The van der Waals surface area contributed by atoms with Crippen LogP contribution in [0.3, 0.4) is 0 Å². The zero-order valence-electron chi connectivity index (χ0n) is 14.8. The predicted octanol–water partition coefficient (Wildman–Crippen LogP) is 5.57. The molecule has 0 spiro atoms. The Kier molecular flexibility index (Phi) is 16.2. The molecule has 2 heteroatoms. The maximum atomic E-state index is 9.59. The van der Waals surface area contributed by atoms with Crippen LogP contribution in [0.1, 0.15) is 110 Å². The highest BCUT2D eigenvalue weighted by molar-refractivity contribution is 4.65. The van der Waals surface area contributed by atoms with Gasteiger partial charge in [-0.2, -0.15) is 0 Å². The van der Waals surface area contributed by atoms with Crippen LogP contribution in [0.15, 0.2) is 0 Å². The third-order valence-corrected chi connectivity index (χ3v) is 4.46. The van der Waals surface area contributed by atoms with Gasteiger partial charge in [0.2, 0.25) is 0 Å². The molecule has 21 heavy (non-hydrogen) atoms. The smallest absolute Gasteiger partial charge is 0.0688 e. The highest BCUT2D eigenvalue weighted by Crippen LogP contribution is 2.13. The van der Waals surface area contributed by atoms with Crippen LogP contribution in [0.2, 0.25) is 0 Å². The van der Waals surface area contributed by atoms with Gasteiger partial charge in [0.1, 0.15) is 0 Å². The van der Waals surface area contributed by atoms with Crippen LogP contribution >= 0.6 is 0 Å². The third-order valence-electron chi connectivity index (χ3n) is 4.46. The van der Waals surface area contributed by atoms with Crippen molar-refractivity contribution in [3.05, 3.63) is 0 Å². The molecule has 0 aliphatic rings. The maximum absolute atomic E-state index is 9.59. The summed E-state index contributed by atoms with van der Waals surface area (Å²) in [7, 11) is 0. The molecular weight excluding hydrogens is 258 g/mol. The second-order valence-electron chi connectivity index (χ2n) is 6.81. The van der Waals surface area contributed by atoms with Crippen LogP contribution in [-0.2, 0) is 0 Å². The van der Waals surface area contributed by atoms with Crippen LogP contribution in [0.25, 0.3) is 0 Å². The van der Waals surface area contributed by atoms with Crippen molar-refractivity contribution in [3.63, 3.8) is 0 Å². The van der Waals surface area contributed by atoms with E-state index in [0.29, 0.717) is 0 Å². The quantitative estimate of drug-likeness (QED) is 0.366. The fourth-order valence-corrected chi connectivity index (χ4v) is 2.81. The monoisotopic (exact) mass is 299 g/mol. The normalized spacial score (nSPS) is 14.3. The SMILES string of the molecule is CCCCCCCCCCCCCCCC[C@H](O)[C@@H](C)N.